The highest BCUT2D eigenvalue weighted by Crippen LogP contribution is 2.25. The highest BCUT2D eigenvalue weighted by molar-refractivity contribution is 7.14. The number of amides is 1. The third-order valence-corrected chi connectivity index (χ3v) is 4.54. The summed E-state index contributed by atoms with van der Waals surface area (Å²) in [5.74, 6) is -0.529. The molecule has 3 aromatic rings. The third-order valence-electron chi connectivity index (χ3n) is 3.71. The van der Waals surface area contributed by atoms with E-state index >= 15 is 0 Å². The monoisotopic (exact) mass is 342 g/mol. The van der Waals surface area contributed by atoms with E-state index in [2.05, 4.69) is 10.3 Å². The quantitative estimate of drug-likeness (QED) is 0.666. The van der Waals surface area contributed by atoms with Crippen LogP contribution in [-0.4, -0.2) is 23.5 Å². The Hall–Kier alpha value is -2.60. The molecule has 0 saturated carbocycles. The van der Waals surface area contributed by atoms with Gasteiger partial charge in [-0.05, 0) is 36.4 Å². The fraction of sp³-hybridized carbons (Fsp3) is 0.222. The van der Waals surface area contributed by atoms with Crippen molar-refractivity contribution in [2.75, 3.05) is 11.9 Å². The topological polar surface area (TPSA) is 71.2 Å². The molecule has 0 aliphatic carbocycles. The zero-order chi connectivity index (χ0) is 16.9. The Morgan fingerprint density at radius 3 is 2.92 bits per heavy atom. The maximum atomic E-state index is 12.2. The van der Waals surface area contributed by atoms with Gasteiger partial charge in [-0.1, -0.05) is 18.2 Å². The van der Waals surface area contributed by atoms with Crippen molar-refractivity contribution < 1.29 is 14.3 Å². The Balaban J connectivity index is 1.62. The number of ether oxygens (including phenoxy) is 1. The minimum atomic E-state index is -0.411. The average molecular weight is 342 g/mol. The van der Waals surface area contributed by atoms with Gasteiger partial charge in [0.15, 0.2) is 0 Å². The van der Waals surface area contributed by atoms with Crippen LogP contribution in [0.5, 0.6) is 0 Å². The minimum Gasteiger partial charge on any atom is -0.462 e. The van der Waals surface area contributed by atoms with Gasteiger partial charge in [-0.15, -0.1) is 11.3 Å². The number of aryl methyl sites for hydroxylation is 1. The Labute approximate surface area is 143 Å². The van der Waals surface area contributed by atoms with Crippen molar-refractivity contribution in [3.05, 3.63) is 53.0 Å². The lowest BCUT2D eigenvalue weighted by molar-refractivity contribution is -0.116. The molecule has 0 aliphatic rings. The fourth-order valence-corrected chi connectivity index (χ4v) is 3.34. The molecule has 0 radical (unpaired) electrons. The number of carbonyl (C=O) groups excluding carboxylic acids is 2. The van der Waals surface area contributed by atoms with Crippen molar-refractivity contribution in [3.8, 4) is 0 Å². The molecule has 5 nitrogen and oxygen atoms in total. The number of esters is 1. The first-order valence-electron chi connectivity index (χ1n) is 7.78. The standard InChI is InChI=1S/C18H18N2O3S/c1-2-23-18(22)14-9-10-24-17(14)20-16(21)8-7-12-11-19-15-6-4-3-5-13(12)15/h3-6,9-11,19H,2,7-8H2,1H3,(H,20,21). The largest absolute Gasteiger partial charge is 0.462 e. The van der Waals surface area contributed by atoms with Crippen LogP contribution in [0.4, 0.5) is 5.00 Å². The lowest BCUT2D eigenvalue weighted by Crippen LogP contribution is -2.14. The molecule has 0 fully saturated rings. The molecule has 0 saturated heterocycles. The Morgan fingerprint density at radius 2 is 2.08 bits per heavy atom. The SMILES string of the molecule is CCOC(=O)c1ccsc1NC(=O)CCc1c[nH]c2ccccc12. The van der Waals surface area contributed by atoms with Crippen molar-refractivity contribution in [1.82, 2.24) is 4.98 Å². The second-order valence-corrected chi connectivity index (χ2v) is 6.21. The van der Waals surface area contributed by atoms with Crippen LogP contribution in [0.3, 0.4) is 0 Å². The molecule has 0 aliphatic heterocycles. The number of thiophene rings is 1. The molecule has 0 bridgehead atoms. The van der Waals surface area contributed by atoms with Crippen LogP contribution in [0.15, 0.2) is 41.9 Å². The van der Waals surface area contributed by atoms with Crippen LogP contribution in [0.25, 0.3) is 10.9 Å². The molecule has 3 rings (SSSR count). The van der Waals surface area contributed by atoms with Gasteiger partial charge in [0.1, 0.15) is 5.00 Å². The van der Waals surface area contributed by atoms with E-state index in [1.807, 2.05) is 30.5 Å². The van der Waals surface area contributed by atoms with E-state index in [1.165, 1.54) is 11.3 Å². The van der Waals surface area contributed by atoms with Crippen molar-refractivity contribution in [2.45, 2.75) is 19.8 Å². The molecule has 124 valence electrons. The molecule has 2 N–H and O–H groups in total. The Kier molecular flexibility index (Phi) is 4.96. The van der Waals surface area contributed by atoms with Gasteiger partial charge in [0.25, 0.3) is 0 Å². The first-order chi connectivity index (χ1) is 11.7. The van der Waals surface area contributed by atoms with E-state index in [9.17, 15) is 9.59 Å². The van der Waals surface area contributed by atoms with Gasteiger partial charge in [-0.2, -0.15) is 0 Å². The zero-order valence-electron chi connectivity index (χ0n) is 13.3. The molecule has 0 unspecified atom stereocenters. The van der Waals surface area contributed by atoms with Crippen LogP contribution in [0.1, 0.15) is 29.3 Å². The van der Waals surface area contributed by atoms with Crippen LogP contribution in [-0.2, 0) is 16.0 Å². The number of benzene rings is 1. The van der Waals surface area contributed by atoms with Crippen molar-refractivity contribution in [1.29, 1.82) is 0 Å². The number of anilines is 1. The second-order valence-electron chi connectivity index (χ2n) is 5.29. The Morgan fingerprint density at radius 1 is 1.25 bits per heavy atom. The molecule has 2 heterocycles. The summed E-state index contributed by atoms with van der Waals surface area (Å²) in [6.45, 7) is 2.06. The summed E-state index contributed by atoms with van der Waals surface area (Å²) in [5.41, 5.74) is 2.58. The van der Waals surface area contributed by atoms with Gasteiger partial charge in [0.05, 0.1) is 12.2 Å². The number of hydrogen-bond donors (Lipinski definition) is 2. The maximum Gasteiger partial charge on any atom is 0.341 e. The number of rotatable bonds is 6. The number of carbonyl (C=O) groups is 2. The molecule has 0 atom stereocenters. The minimum absolute atomic E-state index is 0.117. The van der Waals surface area contributed by atoms with E-state index in [0.29, 0.717) is 30.0 Å². The van der Waals surface area contributed by atoms with Crippen molar-refractivity contribution >= 4 is 39.1 Å². The van der Waals surface area contributed by atoms with Crippen LogP contribution in [0.2, 0.25) is 0 Å². The summed E-state index contributed by atoms with van der Waals surface area (Å²) < 4.78 is 4.99. The molecule has 2 aromatic heterocycles. The van der Waals surface area contributed by atoms with Gasteiger partial charge in [0, 0.05) is 23.5 Å². The van der Waals surface area contributed by atoms with Crippen LogP contribution in [0, 0.1) is 0 Å². The summed E-state index contributed by atoms with van der Waals surface area (Å²) in [6, 6.07) is 9.67. The van der Waals surface area contributed by atoms with E-state index in [0.717, 1.165) is 16.5 Å². The van der Waals surface area contributed by atoms with Gasteiger partial charge >= 0.3 is 5.97 Å². The normalized spacial score (nSPS) is 10.7. The van der Waals surface area contributed by atoms with Crippen molar-refractivity contribution in [2.24, 2.45) is 0 Å². The summed E-state index contributed by atoms with van der Waals surface area (Å²) in [6.07, 6.45) is 2.92. The number of aromatic amines is 1. The predicted octanol–water partition coefficient (Wildman–Crippen LogP) is 3.98. The summed E-state index contributed by atoms with van der Waals surface area (Å²) in [7, 11) is 0. The number of nitrogens with one attached hydrogen (secondary N) is 2. The maximum absolute atomic E-state index is 12.2. The van der Waals surface area contributed by atoms with Gasteiger partial charge in [-0.25, -0.2) is 4.79 Å². The van der Waals surface area contributed by atoms with Crippen LogP contribution >= 0.6 is 11.3 Å². The van der Waals surface area contributed by atoms with Gasteiger partial charge in [-0.3, -0.25) is 4.79 Å². The van der Waals surface area contributed by atoms with E-state index < -0.39 is 5.97 Å². The first kappa shape index (κ1) is 16.3. The number of hydrogen-bond acceptors (Lipinski definition) is 4. The second kappa shape index (κ2) is 7.31. The molecular weight excluding hydrogens is 324 g/mol. The molecule has 1 amide bonds. The summed E-state index contributed by atoms with van der Waals surface area (Å²) in [5, 5.41) is 6.25. The van der Waals surface area contributed by atoms with Crippen molar-refractivity contribution in [3.63, 3.8) is 0 Å². The average Bonchev–Trinajstić information content (AvgIpc) is 3.20. The zero-order valence-corrected chi connectivity index (χ0v) is 14.1. The van der Waals surface area contributed by atoms with E-state index in [4.69, 9.17) is 4.74 Å². The number of H-pyrrole nitrogens is 1. The molecule has 1 aromatic carbocycles. The molecule has 24 heavy (non-hydrogen) atoms. The fourth-order valence-electron chi connectivity index (χ4n) is 2.55. The first-order valence-corrected chi connectivity index (χ1v) is 8.66. The van der Waals surface area contributed by atoms with Crippen LogP contribution < -0.4 is 5.32 Å². The molecular formula is C18H18N2O3S. The lowest BCUT2D eigenvalue weighted by Gasteiger charge is -2.06. The van der Waals surface area contributed by atoms with E-state index in [1.54, 1.807) is 18.4 Å². The number of fused-ring (bicyclic) bond motifs is 1. The summed E-state index contributed by atoms with van der Waals surface area (Å²) in [4.78, 5) is 27.2. The molecule has 0 spiro atoms. The highest BCUT2D eigenvalue weighted by Gasteiger charge is 2.16. The van der Waals surface area contributed by atoms with Gasteiger partial charge < -0.3 is 15.0 Å². The highest BCUT2D eigenvalue weighted by atomic mass is 32.1. The number of aromatic nitrogens is 1. The Bertz CT molecular complexity index is 866. The smallest absolute Gasteiger partial charge is 0.341 e. The lowest BCUT2D eigenvalue weighted by atomic mass is 10.1. The van der Waals surface area contributed by atoms with E-state index in [-0.39, 0.29) is 5.91 Å². The third kappa shape index (κ3) is 3.49. The molecule has 6 heteroatoms. The van der Waals surface area contributed by atoms with Gasteiger partial charge in [0.2, 0.25) is 5.91 Å². The number of para-hydroxylation sites is 1. The predicted molar refractivity (Wildman–Crippen MR) is 95.5 cm³/mol. The summed E-state index contributed by atoms with van der Waals surface area (Å²) >= 11 is 1.32.